The zero-order valence-corrected chi connectivity index (χ0v) is 13.4. The number of aryl methyl sites for hydroxylation is 3. The average Bonchev–Trinajstić information content (AvgIpc) is 2.82. The molecule has 2 aromatic rings. The topological polar surface area (TPSA) is 96.4 Å². The summed E-state index contributed by atoms with van der Waals surface area (Å²) in [5.74, 6) is -1.20. The van der Waals surface area contributed by atoms with E-state index in [2.05, 4.69) is 9.10 Å². The molecule has 9 heteroatoms. The number of hydrogen-bond donors (Lipinski definition) is 2. The number of nitrogens with one attached hydrogen (secondary N) is 1. The molecule has 0 aromatic carbocycles. The van der Waals surface area contributed by atoms with Crippen LogP contribution in [0.25, 0.3) is 0 Å². The molecule has 0 fully saturated rings. The summed E-state index contributed by atoms with van der Waals surface area (Å²) in [5.41, 5.74) is 0.182. The van der Waals surface area contributed by atoms with Gasteiger partial charge in [-0.25, -0.2) is 13.2 Å². The lowest BCUT2D eigenvalue weighted by atomic mass is 10.2. The van der Waals surface area contributed by atoms with Gasteiger partial charge in [-0.2, -0.15) is 4.37 Å². The summed E-state index contributed by atoms with van der Waals surface area (Å²) in [5, 5.41) is 9.12. The van der Waals surface area contributed by atoms with Crippen LogP contribution in [0.4, 0.5) is 5.00 Å². The molecule has 2 rings (SSSR count). The number of sulfonamides is 1. The predicted octanol–water partition coefficient (Wildman–Crippen LogP) is 2.63. The van der Waals surface area contributed by atoms with Crippen LogP contribution in [-0.4, -0.2) is 23.9 Å². The zero-order valence-electron chi connectivity index (χ0n) is 10.9. The van der Waals surface area contributed by atoms with Crippen LogP contribution in [0.1, 0.15) is 25.8 Å². The van der Waals surface area contributed by atoms with E-state index in [1.165, 1.54) is 18.3 Å². The molecule has 0 amide bonds. The third-order valence-electron chi connectivity index (χ3n) is 2.59. The van der Waals surface area contributed by atoms with E-state index >= 15 is 0 Å². The van der Waals surface area contributed by atoms with Crippen molar-refractivity contribution in [1.29, 1.82) is 0 Å². The van der Waals surface area contributed by atoms with E-state index in [4.69, 9.17) is 5.11 Å². The van der Waals surface area contributed by atoms with E-state index in [0.717, 1.165) is 16.4 Å². The van der Waals surface area contributed by atoms with Gasteiger partial charge in [0, 0.05) is 9.75 Å². The molecule has 0 aliphatic heterocycles. The molecule has 2 aromatic heterocycles. The number of thiophene rings is 1. The van der Waals surface area contributed by atoms with Crippen LogP contribution in [0.5, 0.6) is 0 Å². The number of rotatable bonds is 4. The molecule has 0 aliphatic rings. The molecule has 0 atom stereocenters. The Hall–Kier alpha value is -1.45. The first-order valence-electron chi connectivity index (χ1n) is 5.52. The van der Waals surface area contributed by atoms with Crippen LogP contribution in [0.3, 0.4) is 0 Å². The highest BCUT2D eigenvalue weighted by Crippen LogP contribution is 2.30. The number of carbonyl (C=O) groups is 1. The Morgan fingerprint density at radius 1 is 1.35 bits per heavy atom. The third-order valence-corrected chi connectivity index (χ3v) is 6.14. The van der Waals surface area contributed by atoms with E-state index < -0.39 is 16.0 Å². The number of carboxylic acids is 1. The molecule has 2 heterocycles. The number of hydrogen-bond acceptors (Lipinski definition) is 6. The van der Waals surface area contributed by atoms with E-state index in [0.29, 0.717) is 10.6 Å². The third kappa shape index (κ3) is 2.69. The molecular formula is C11H12N2O4S3. The maximum atomic E-state index is 12.3. The number of nitrogens with zero attached hydrogens (tertiary/aromatic N) is 1. The summed E-state index contributed by atoms with van der Waals surface area (Å²) < 4.78 is 30.8. The van der Waals surface area contributed by atoms with Crippen molar-refractivity contribution in [3.05, 3.63) is 27.1 Å². The number of anilines is 1. The van der Waals surface area contributed by atoms with Gasteiger partial charge >= 0.3 is 5.97 Å². The summed E-state index contributed by atoms with van der Waals surface area (Å²) in [4.78, 5) is 12.8. The van der Waals surface area contributed by atoms with Gasteiger partial charge in [0.25, 0.3) is 10.0 Å². The van der Waals surface area contributed by atoms with E-state index in [1.54, 1.807) is 13.0 Å². The van der Waals surface area contributed by atoms with Crippen molar-refractivity contribution >= 4 is 43.9 Å². The van der Waals surface area contributed by atoms with Gasteiger partial charge in [0.1, 0.15) is 15.5 Å². The van der Waals surface area contributed by atoms with Crippen LogP contribution >= 0.6 is 22.9 Å². The van der Waals surface area contributed by atoms with Gasteiger partial charge in [-0.3, -0.25) is 4.72 Å². The van der Waals surface area contributed by atoms with E-state index in [-0.39, 0.29) is 15.5 Å². The van der Waals surface area contributed by atoms with Crippen molar-refractivity contribution < 1.29 is 18.3 Å². The second kappa shape index (κ2) is 5.15. The monoisotopic (exact) mass is 332 g/mol. The van der Waals surface area contributed by atoms with Gasteiger partial charge in [-0.15, -0.1) is 11.3 Å². The van der Waals surface area contributed by atoms with Crippen molar-refractivity contribution in [3.63, 3.8) is 0 Å². The van der Waals surface area contributed by atoms with Crippen molar-refractivity contribution in [3.8, 4) is 0 Å². The smallest absolute Gasteiger partial charge is 0.340 e. The molecule has 0 aliphatic carbocycles. The maximum absolute atomic E-state index is 12.3. The van der Waals surface area contributed by atoms with Crippen LogP contribution in [-0.2, 0) is 10.0 Å². The molecule has 0 unspecified atom stereocenters. The van der Waals surface area contributed by atoms with E-state index in [9.17, 15) is 13.2 Å². The summed E-state index contributed by atoms with van der Waals surface area (Å²) in [7, 11) is -3.80. The highest BCUT2D eigenvalue weighted by Gasteiger charge is 2.25. The number of aromatic nitrogens is 1. The highest BCUT2D eigenvalue weighted by molar-refractivity contribution is 7.93. The summed E-state index contributed by atoms with van der Waals surface area (Å²) in [6.45, 7) is 5.05. The molecule has 0 spiro atoms. The minimum Gasteiger partial charge on any atom is -0.478 e. The lowest BCUT2D eigenvalue weighted by Gasteiger charge is -2.06. The van der Waals surface area contributed by atoms with Gasteiger partial charge in [-0.05, 0) is 38.4 Å². The fourth-order valence-corrected chi connectivity index (χ4v) is 5.38. The van der Waals surface area contributed by atoms with Gasteiger partial charge in [-0.1, -0.05) is 0 Å². The minimum atomic E-state index is -3.80. The standard InChI is InChI=1S/C11H12N2O4S3/c1-5-4-8(7(3)18-5)20(16,17)13-10-9(11(14)15)6(2)12-19-10/h4,13H,1-3H3,(H,14,15). The fraction of sp³-hybridized carbons (Fsp3) is 0.273. The van der Waals surface area contributed by atoms with Crippen LogP contribution in [0.2, 0.25) is 0 Å². The summed E-state index contributed by atoms with van der Waals surface area (Å²) >= 11 is 2.20. The lowest BCUT2D eigenvalue weighted by molar-refractivity contribution is 0.0697. The van der Waals surface area contributed by atoms with E-state index in [1.807, 2.05) is 6.92 Å². The Bertz CT molecular complexity index is 774. The van der Waals surface area contributed by atoms with Crippen molar-refractivity contribution in [2.75, 3.05) is 4.72 Å². The fourth-order valence-electron chi connectivity index (χ4n) is 1.74. The van der Waals surface area contributed by atoms with Crippen LogP contribution < -0.4 is 4.72 Å². The molecule has 0 bridgehead atoms. The first-order chi connectivity index (χ1) is 9.22. The van der Waals surface area contributed by atoms with Gasteiger partial charge in [0.15, 0.2) is 0 Å². The molecule has 2 N–H and O–H groups in total. The Morgan fingerprint density at radius 3 is 2.50 bits per heavy atom. The second-order valence-electron chi connectivity index (χ2n) is 4.16. The Kier molecular flexibility index (Phi) is 3.85. The first kappa shape index (κ1) is 14.9. The van der Waals surface area contributed by atoms with Crippen molar-refractivity contribution in [2.24, 2.45) is 0 Å². The molecule has 6 nitrogen and oxygen atoms in total. The normalized spacial score (nSPS) is 11.6. The Labute approximate surface area is 124 Å². The SMILES string of the molecule is Cc1cc(S(=O)(=O)Nc2snc(C)c2C(=O)O)c(C)s1. The number of aromatic carboxylic acids is 1. The van der Waals surface area contributed by atoms with Gasteiger partial charge in [0.2, 0.25) is 0 Å². The zero-order chi connectivity index (χ0) is 15.1. The number of carboxylic acid groups (broad SMARTS) is 1. The minimum absolute atomic E-state index is 0.0262. The maximum Gasteiger partial charge on any atom is 0.340 e. The molecule has 108 valence electrons. The molecule has 0 radical (unpaired) electrons. The average molecular weight is 332 g/mol. The second-order valence-corrected chi connectivity index (χ2v) is 8.04. The largest absolute Gasteiger partial charge is 0.478 e. The van der Waals surface area contributed by atoms with Crippen molar-refractivity contribution in [1.82, 2.24) is 4.37 Å². The lowest BCUT2D eigenvalue weighted by Crippen LogP contribution is -2.14. The summed E-state index contributed by atoms with van der Waals surface area (Å²) in [6.07, 6.45) is 0. The summed E-state index contributed by atoms with van der Waals surface area (Å²) in [6, 6.07) is 1.57. The molecule has 20 heavy (non-hydrogen) atoms. The molecule has 0 saturated heterocycles. The first-order valence-corrected chi connectivity index (χ1v) is 8.59. The quantitative estimate of drug-likeness (QED) is 0.897. The Morgan fingerprint density at radius 2 is 2.00 bits per heavy atom. The van der Waals surface area contributed by atoms with Gasteiger partial charge in [0.05, 0.1) is 5.69 Å². The van der Waals surface area contributed by atoms with Gasteiger partial charge < -0.3 is 5.11 Å². The molecule has 0 saturated carbocycles. The van der Waals surface area contributed by atoms with Crippen molar-refractivity contribution in [2.45, 2.75) is 25.7 Å². The van der Waals surface area contributed by atoms with Crippen LogP contribution in [0, 0.1) is 20.8 Å². The molecular weight excluding hydrogens is 320 g/mol. The highest BCUT2D eigenvalue weighted by atomic mass is 32.2. The predicted molar refractivity (Wildman–Crippen MR) is 78.4 cm³/mol. The Balaban J connectivity index is 2.44. The van der Waals surface area contributed by atoms with Crippen LogP contribution in [0.15, 0.2) is 11.0 Å².